The zero-order valence-corrected chi connectivity index (χ0v) is 12.2. The Kier molecular flexibility index (Phi) is 5.04. The highest BCUT2D eigenvalue weighted by atomic mass is 35.5. The van der Waals surface area contributed by atoms with E-state index >= 15 is 0 Å². The van der Waals surface area contributed by atoms with E-state index in [1.54, 1.807) is 29.2 Å². The van der Waals surface area contributed by atoms with E-state index in [2.05, 4.69) is 5.32 Å². The minimum atomic E-state index is -0.132. The SMILES string of the molecule is O=C1CCN(C(=O)C=Cc2ccc(Cl)cc2Cl)CCN1. The molecule has 0 saturated carbocycles. The summed E-state index contributed by atoms with van der Waals surface area (Å²) in [5, 5.41) is 3.77. The summed E-state index contributed by atoms with van der Waals surface area (Å²) in [6, 6.07) is 5.09. The lowest BCUT2D eigenvalue weighted by Crippen LogP contribution is -2.32. The zero-order chi connectivity index (χ0) is 14.5. The number of hydrogen-bond donors (Lipinski definition) is 1. The van der Waals surface area contributed by atoms with Crippen LogP contribution in [-0.4, -0.2) is 36.3 Å². The summed E-state index contributed by atoms with van der Waals surface area (Å²) in [5.41, 5.74) is 0.730. The Morgan fingerprint density at radius 2 is 2.10 bits per heavy atom. The highest BCUT2D eigenvalue weighted by Crippen LogP contribution is 2.22. The van der Waals surface area contributed by atoms with E-state index in [0.717, 1.165) is 5.56 Å². The first-order valence-electron chi connectivity index (χ1n) is 6.25. The van der Waals surface area contributed by atoms with Crippen molar-refractivity contribution >= 4 is 41.1 Å². The van der Waals surface area contributed by atoms with Gasteiger partial charge in [-0.25, -0.2) is 0 Å². The zero-order valence-electron chi connectivity index (χ0n) is 10.7. The van der Waals surface area contributed by atoms with Crippen LogP contribution < -0.4 is 5.32 Å². The van der Waals surface area contributed by atoms with Crippen molar-refractivity contribution in [2.45, 2.75) is 6.42 Å². The number of nitrogens with zero attached hydrogens (tertiary/aromatic N) is 1. The topological polar surface area (TPSA) is 49.4 Å². The molecule has 0 aromatic heterocycles. The van der Waals surface area contributed by atoms with E-state index in [9.17, 15) is 9.59 Å². The maximum atomic E-state index is 12.0. The van der Waals surface area contributed by atoms with E-state index in [0.29, 0.717) is 36.1 Å². The lowest BCUT2D eigenvalue weighted by atomic mass is 10.2. The molecule has 0 aliphatic carbocycles. The largest absolute Gasteiger partial charge is 0.354 e. The second kappa shape index (κ2) is 6.77. The van der Waals surface area contributed by atoms with Gasteiger partial charge in [-0.15, -0.1) is 0 Å². The fraction of sp³-hybridized carbons (Fsp3) is 0.286. The van der Waals surface area contributed by atoms with Crippen LogP contribution in [0, 0.1) is 0 Å². The first-order valence-corrected chi connectivity index (χ1v) is 7.00. The molecule has 1 N–H and O–H groups in total. The number of hydrogen-bond acceptors (Lipinski definition) is 2. The molecule has 20 heavy (non-hydrogen) atoms. The first-order chi connectivity index (χ1) is 9.56. The number of benzene rings is 1. The van der Waals surface area contributed by atoms with Crippen LogP contribution in [0.25, 0.3) is 6.08 Å². The Bertz CT molecular complexity index is 558. The van der Waals surface area contributed by atoms with E-state index in [-0.39, 0.29) is 11.8 Å². The van der Waals surface area contributed by atoms with E-state index in [1.807, 2.05) is 0 Å². The first kappa shape index (κ1) is 14.9. The lowest BCUT2D eigenvalue weighted by molar-refractivity contribution is -0.125. The highest BCUT2D eigenvalue weighted by Gasteiger charge is 2.16. The van der Waals surface area contributed by atoms with E-state index in [4.69, 9.17) is 23.2 Å². The molecule has 1 fully saturated rings. The van der Waals surface area contributed by atoms with Crippen LogP contribution in [0.5, 0.6) is 0 Å². The average Bonchev–Trinajstić information content (AvgIpc) is 2.62. The smallest absolute Gasteiger partial charge is 0.246 e. The number of rotatable bonds is 2. The third-order valence-electron chi connectivity index (χ3n) is 2.99. The molecule has 0 bridgehead atoms. The van der Waals surface area contributed by atoms with Crippen molar-refractivity contribution in [3.63, 3.8) is 0 Å². The van der Waals surface area contributed by atoms with Gasteiger partial charge in [0.05, 0.1) is 0 Å². The Morgan fingerprint density at radius 1 is 1.30 bits per heavy atom. The number of carbonyl (C=O) groups is 2. The Hall–Kier alpha value is -1.52. The predicted molar refractivity (Wildman–Crippen MR) is 79.7 cm³/mol. The number of carbonyl (C=O) groups excluding carboxylic acids is 2. The molecule has 0 unspecified atom stereocenters. The van der Waals surface area contributed by atoms with Gasteiger partial charge < -0.3 is 10.2 Å². The molecule has 1 aliphatic rings. The van der Waals surface area contributed by atoms with Crippen LogP contribution >= 0.6 is 23.2 Å². The molecule has 1 aliphatic heterocycles. The maximum Gasteiger partial charge on any atom is 0.246 e. The van der Waals surface area contributed by atoms with Gasteiger partial charge in [-0.3, -0.25) is 9.59 Å². The Labute approximate surface area is 127 Å². The van der Waals surface area contributed by atoms with Crippen LogP contribution in [0.15, 0.2) is 24.3 Å². The fourth-order valence-electron chi connectivity index (χ4n) is 1.89. The summed E-state index contributed by atoms with van der Waals surface area (Å²) in [6.07, 6.45) is 3.45. The monoisotopic (exact) mass is 312 g/mol. The standard InChI is InChI=1S/C14H14Cl2N2O2/c15-11-3-1-10(12(16)9-11)2-4-14(20)18-7-5-13(19)17-6-8-18/h1-4,9H,5-8H2,(H,17,19). The lowest BCUT2D eigenvalue weighted by Gasteiger charge is -2.17. The van der Waals surface area contributed by atoms with Gasteiger partial charge in [0.15, 0.2) is 0 Å². The Balaban J connectivity index is 2.03. The van der Waals surface area contributed by atoms with Crippen LogP contribution in [0.2, 0.25) is 10.0 Å². The van der Waals surface area contributed by atoms with Gasteiger partial charge in [0.2, 0.25) is 11.8 Å². The molecule has 6 heteroatoms. The predicted octanol–water partition coefficient (Wildman–Crippen LogP) is 2.36. The third-order valence-corrected chi connectivity index (χ3v) is 3.55. The van der Waals surface area contributed by atoms with E-state index < -0.39 is 0 Å². The van der Waals surface area contributed by atoms with Crippen molar-refractivity contribution in [1.29, 1.82) is 0 Å². The maximum absolute atomic E-state index is 12.0. The van der Waals surface area contributed by atoms with Gasteiger partial charge in [0, 0.05) is 42.2 Å². The van der Waals surface area contributed by atoms with Crippen molar-refractivity contribution in [2.24, 2.45) is 0 Å². The molecule has 0 spiro atoms. The van der Waals surface area contributed by atoms with Crippen molar-refractivity contribution in [3.05, 3.63) is 39.9 Å². The molecule has 106 valence electrons. The van der Waals surface area contributed by atoms with Gasteiger partial charge in [-0.2, -0.15) is 0 Å². The molecule has 4 nitrogen and oxygen atoms in total. The van der Waals surface area contributed by atoms with E-state index in [1.165, 1.54) is 6.08 Å². The molecule has 1 aromatic carbocycles. The number of nitrogens with one attached hydrogen (secondary N) is 1. The highest BCUT2D eigenvalue weighted by molar-refractivity contribution is 6.35. The van der Waals surface area contributed by atoms with Crippen molar-refractivity contribution in [2.75, 3.05) is 19.6 Å². The van der Waals surface area contributed by atoms with Crippen LogP contribution in [0.4, 0.5) is 0 Å². The minimum Gasteiger partial charge on any atom is -0.354 e. The molecule has 1 aromatic rings. The van der Waals surface area contributed by atoms with Crippen LogP contribution in [0.1, 0.15) is 12.0 Å². The normalized spacial score (nSPS) is 16.1. The molecular weight excluding hydrogens is 299 g/mol. The molecule has 2 rings (SSSR count). The summed E-state index contributed by atoms with van der Waals surface area (Å²) in [6.45, 7) is 1.44. The Morgan fingerprint density at radius 3 is 2.85 bits per heavy atom. The second-order valence-corrected chi connectivity index (χ2v) is 5.27. The number of halogens is 2. The second-order valence-electron chi connectivity index (χ2n) is 4.42. The quantitative estimate of drug-likeness (QED) is 0.852. The van der Waals surface area contributed by atoms with Gasteiger partial charge in [0.1, 0.15) is 0 Å². The van der Waals surface area contributed by atoms with Gasteiger partial charge in [0.25, 0.3) is 0 Å². The van der Waals surface area contributed by atoms with Gasteiger partial charge >= 0.3 is 0 Å². The average molecular weight is 313 g/mol. The molecule has 2 amide bonds. The summed E-state index contributed by atoms with van der Waals surface area (Å²) < 4.78 is 0. The molecule has 0 atom stereocenters. The fourth-order valence-corrected chi connectivity index (χ4v) is 2.36. The van der Waals surface area contributed by atoms with Gasteiger partial charge in [-0.05, 0) is 23.8 Å². The summed E-state index contributed by atoms with van der Waals surface area (Å²) in [7, 11) is 0. The minimum absolute atomic E-state index is 0.0231. The molecule has 1 heterocycles. The van der Waals surface area contributed by atoms with Crippen LogP contribution in [0.3, 0.4) is 0 Å². The van der Waals surface area contributed by atoms with Gasteiger partial charge in [-0.1, -0.05) is 29.3 Å². The molecule has 0 radical (unpaired) electrons. The summed E-state index contributed by atoms with van der Waals surface area (Å²) in [5.74, 6) is -0.155. The number of amides is 2. The molecule has 1 saturated heterocycles. The summed E-state index contributed by atoms with van der Waals surface area (Å²) >= 11 is 11.8. The van der Waals surface area contributed by atoms with Crippen LogP contribution in [-0.2, 0) is 9.59 Å². The summed E-state index contributed by atoms with van der Waals surface area (Å²) in [4.78, 5) is 24.9. The van der Waals surface area contributed by atoms with Crippen molar-refractivity contribution in [3.8, 4) is 0 Å². The molecular formula is C14H14Cl2N2O2. The van der Waals surface area contributed by atoms with Crippen molar-refractivity contribution < 1.29 is 9.59 Å². The third kappa shape index (κ3) is 3.99. The van der Waals surface area contributed by atoms with Crippen molar-refractivity contribution in [1.82, 2.24) is 10.2 Å².